The van der Waals surface area contributed by atoms with Gasteiger partial charge in [-0.3, -0.25) is 0 Å². The van der Waals surface area contributed by atoms with E-state index in [9.17, 15) is 18.0 Å². The van der Waals surface area contributed by atoms with Crippen molar-refractivity contribution in [2.45, 2.75) is 45.7 Å². The monoisotopic (exact) mass is 334 g/mol. The summed E-state index contributed by atoms with van der Waals surface area (Å²) in [6.07, 6.45) is -5.24. The van der Waals surface area contributed by atoms with E-state index >= 15 is 0 Å². The van der Waals surface area contributed by atoms with Gasteiger partial charge in [0.25, 0.3) is 0 Å². The zero-order chi connectivity index (χ0) is 17.7. The highest BCUT2D eigenvalue weighted by Gasteiger charge is 2.30. The number of carbonyl (C=O) groups excluding carboxylic acids is 1. The minimum Gasteiger partial charge on any atom is -0.444 e. The Hall–Kier alpha value is -2.12. The summed E-state index contributed by atoms with van der Waals surface area (Å²) in [4.78, 5) is 11.5. The van der Waals surface area contributed by atoms with Gasteiger partial charge in [-0.25, -0.2) is 4.79 Å². The highest BCUT2D eigenvalue weighted by Crippen LogP contribution is 2.24. The Morgan fingerprint density at radius 1 is 1.17 bits per heavy atom. The van der Waals surface area contributed by atoms with Gasteiger partial charge in [0.15, 0.2) is 0 Å². The first-order chi connectivity index (χ1) is 10.4. The van der Waals surface area contributed by atoms with Crippen molar-refractivity contribution in [2.75, 3.05) is 11.9 Å². The lowest BCUT2D eigenvalue weighted by molar-refractivity contribution is -0.274. The third kappa shape index (κ3) is 8.80. The first-order valence-electron chi connectivity index (χ1n) is 7.04. The van der Waals surface area contributed by atoms with Crippen LogP contribution in [0.15, 0.2) is 24.3 Å². The van der Waals surface area contributed by atoms with Crippen molar-refractivity contribution < 1.29 is 27.4 Å². The molecule has 2 N–H and O–H groups in total. The number of nitrogens with one attached hydrogen (secondary N) is 2. The topological polar surface area (TPSA) is 59.6 Å². The average Bonchev–Trinajstić information content (AvgIpc) is 2.35. The summed E-state index contributed by atoms with van der Waals surface area (Å²) in [5.74, 6) is -0.289. The first-order valence-corrected chi connectivity index (χ1v) is 7.04. The molecular formula is C15H21F3N2O3. The van der Waals surface area contributed by atoms with E-state index in [1.807, 2.05) is 6.92 Å². The van der Waals surface area contributed by atoms with E-state index < -0.39 is 18.1 Å². The molecule has 1 aromatic carbocycles. The number of halogens is 3. The summed E-state index contributed by atoms with van der Waals surface area (Å²) < 4.78 is 45.1. The largest absolute Gasteiger partial charge is 0.573 e. The van der Waals surface area contributed by atoms with Crippen LogP contribution in [0.3, 0.4) is 0 Å². The lowest BCUT2D eigenvalue weighted by Gasteiger charge is -2.21. The second-order valence-corrected chi connectivity index (χ2v) is 6.00. The van der Waals surface area contributed by atoms with Gasteiger partial charge < -0.3 is 20.1 Å². The molecule has 8 heteroatoms. The third-order valence-electron chi connectivity index (χ3n) is 2.45. The predicted molar refractivity (Wildman–Crippen MR) is 80.4 cm³/mol. The Labute approximate surface area is 133 Å². The maximum absolute atomic E-state index is 12.1. The van der Waals surface area contributed by atoms with Crippen LogP contribution in [-0.4, -0.2) is 30.6 Å². The molecule has 0 aromatic heterocycles. The van der Waals surface area contributed by atoms with Gasteiger partial charge in [-0.1, -0.05) is 0 Å². The summed E-state index contributed by atoms with van der Waals surface area (Å²) in [5.41, 5.74) is 0.0349. The quantitative estimate of drug-likeness (QED) is 0.857. The zero-order valence-corrected chi connectivity index (χ0v) is 13.5. The van der Waals surface area contributed by atoms with Crippen LogP contribution in [0.25, 0.3) is 0 Å². The maximum atomic E-state index is 12.1. The Balaban J connectivity index is 2.42. The molecule has 0 bridgehead atoms. The molecule has 0 saturated carbocycles. The molecule has 0 spiro atoms. The molecule has 1 amide bonds. The Bertz CT molecular complexity index is 510. The van der Waals surface area contributed by atoms with Crippen LogP contribution < -0.4 is 15.4 Å². The number of benzene rings is 1. The first kappa shape index (κ1) is 18.9. The van der Waals surface area contributed by atoms with Gasteiger partial charge >= 0.3 is 12.5 Å². The summed E-state index contributed by atoms with van der Waals surface area (Å²) >= 11 is 0. The third-order valence-corrected chi connectivity index (χ3v) is 2.45. The number of amides is 1. The molecule has 0 heterocycles. The molecular weight excluding hydrogens is 313 g/mol. The smallest absolute Gasteiger partial charge is 0.444 e. The van der Waals surface area contributed by atoms with Crippen LogP contribution in [0.1, 0.15) is 27.7 Å². The summed E-state index contributed by atoms with van der Waals surface area (Å²) in [5, 5.41) is 5.65. The van der Waals surface area contributed by atoms with Crippen LogP contribution in [0.2, 0.25) is 0 Å². The Morgan fingerprint density at radius 2 is 1.74 bits per heavy atom. The standard InChI is InChI=1S/C15H21F3N2O3/c1-10(9-19-13(21)23-14(2,3)4)20-11-5-7-12(8-6-11)22-15(16,17)18/h5-8,10,20H,9H2,1-4H3,(H,19,21). The minimum absolute atomic E-state index is 0.142. The van der Waals surface area contributed by atoms with Crippen LogP contribution in [0, 0.1) is 0 Å². The molecule has 130 valence electrons. The molecule has 1 unspecified atom stereocenters. The van der Waals surface area contributed by atoms with E-state index in [0.29, 0.717) is 12.2 Å². The van der Waals surface area contributed by atoms with Gasteiger partial charge in [0, 0.05) is 18.3 Å². The van der Waals surface area contributed by atoms with E-state index in [1.54, 1.807) is 20.8 Å². The Morgan fingerprint density at radius 3 is 2.22 bits per heavy atom. The molecule has 1 rings (SSSR count). The van der Waals surface area contributed by atoms with E-state index in [2.05, 4.69) is 15.4 Å². The van der Waals surface area contributed by atoms with Crippen LogP contribution in [-0.2, 0) is 4.74 Å². The second kappa shape index (κ2) is 7.43. The van der Waals surface area contributed by atoms with Gasteiger partial charge in [0.05, 0.1) is 0 Å². The predicted octanol–water partition coefficient (Wildman–Crippen LogP) is 3.91. The molecule has 0 aliphatic rings. The molecule has 0 saturated heterocycles. The highest BCUT2D eigenvalue weighted by atomic mass is 19.4. The van der Waals surface area contributed by atoms with Gasteiger partial charge in [-0.15, -0.1) is 13.2 Å². The van der Waals surface area contributed by atoms with Crippen molar-refractivity contribution in [3.63, 3.8) is 0 Å². The highest BCUT2D eigenvalue weighted by molar-refractivity contribution is 5.67. The molecule has 0 fully saturated rings. The number of ether oxygens (including phenoxy) is 2. The summed E-state index contributed by atoms with van der Waals surface area (Å²) in [6, 6.07) is 5.21. The molecule has 1 aromatic rings. The molecule has 0 aliphatic carbocycles. The number of anilines is 1. The average molecular weight is 334 g/mol. The van der Waals surface area contributed by atoms with Gasteiger partial charge in [-0.2, -0.15) is 0 Å². The normalized spacial score (nSPS) is 13.2. The van der Waals surface area contributed by atoms with Crippen molar-refractivity contribution in [1.82, 2.24) is 5.32 Å². The Kier molecular flexibility index (Phi) is 6.12. The zero-order valence-electron chi connectivity index (χ0n) is 13.5. The van der Waals surface area contributed by atoms with Crippen molar-refractivity contribution >= 4 is 11.8 Å². The number of alkyl carbamates (subject to hydrolysis) is 1. The molecule has 0 radical (unpaired) electrons. The van der Waals surface area contributed by atoms with Crippen molar-refractivity contribution in [3.05, 3.63) is 24.3 Å². The summed E-state index contributed by atoms with van der Waals surface area (Å²) in [7, 11) is 0. The van der Waals surface area contributed by atoms with Crippen molar-refractivity contribution in [1.29, 1.82) is 0 Å². The molecule has 0 aliphatic heterocycles. The van der Waals surface area contributed by atoms with Crippen LogP contribution >= 0.6 is 0 Å². The molecule has 23 heavy (non-hydrogen) atoms. The fourth-order valence-electron chi connectivity index (χ4n) is 1.64. The number of alkyl halides is 3. The lowest BCUT2D eigenvalue weighted by atomic mass is 10.2. The van der Waals surface area contributed by atoms with E-state index in [-0.39, 0.29) is 11.8 Å². The number of rotatable bonds is 5. The molecule has 5 nitrogen and oxygen atoms in total. The van der Waals surface area contributed by atoms with Crippen molar-refractivity contribution in [3.8, 4) is 5.75 Å². The summed E-state index contributed by atoms with van der Waals surface area (Å²) in [6.45, 7) is 7.41. The number of hydrogen-bond acceptors (Lipinski definition) is 4. The minimum atomic E-state index is -4.71. The van der Waals surface area contributed by atoms with Gasteiger partial charge in [-0.05, 0) is 52.0 Å². The van der Waals surface area contributed by atoms with Gasteiger partial charge in [0.2, 0.25) is 0 Å². The molecule has 1 atom stereocenters. The van der Waals surface area contributed by atoms with E-state index in [4.69, 9.17) is 4.74 Å². The fourth-order valence-corrected chi connectivity index (χ4v) is 1.64. The maximum Gasteiger partial charge on any atom is 0.573 e. The van der Waals surface area contributed by atoms with Crippen LogP contribution in [0.5, 0.6) is 5.75 Å². The van der Waals surface area contributed by atoms with Crippen LogP contribution in [0.4, 0.5) is 23.7 Å². The van der Waals surface area contributed by atoms with E-state index in [0.717, 1.165) is 0 Å². The van der Waals surface area contributed by atoms with Crippen molar-refractivity contribution in [2.24, 2.45) is 0 Å². The van der Waals surface area contributed by atoms with E-state index in [1.165, 1.54) is 24.3 Å². The van der Waals surface area contributed by atoms with Gasteiger partial charge in [0.1, 0.15) is 11.4 Å². The number of carbonyl (C=O) groups is 1. The fraction of sp³-hybridized carbons (Fsp3) is 0.533. The second-order valence-electron chi connectivity index (χ2n) is 6.00. The SMILES string of the molecule is CC(CNC(=O)OC(C)(C)C)Nc1ccc(OC(F)(F)F)cc1. The lowest BCUT2D eigenvalue weighted by Crippen LogP contribution is -2.38. The number of hydrogen-bond donors (Lipinski definition) is 2.